The van der Waals surface area contributed by atoms with Crippen LogP contribution in [0.5, 0.6) is 0 Å². The summed E-state index contributed by atoms with van der Waals surface area (Å²) < 4.78 is 5.53. The van der Waals surface area contributed by atoms with Gasteiger partial charge >= 0.3 is 0 Å². The summed E-state index contributed by atoms with van der Waals surface area (Å²) in [5.41, 5.74) is 1.49. The van der Waals surface area contributed by atoms with E-state index in [9.17, 15) is 9.59 Å². The number of carbonyl (C=O) groups excluding carboxylic acids is 2. The Balaban J connectivity index is 1.77. The molecule has 112 valence electrons. The largest absolute Gasteiger partial charge is 0.441 e. The standard InChI is InChI=1S/C15H19N3O3/c1-10(2)17-14(20)9-16-13(19)7-8-15-18-11-5-3-4-6-12(11)21-15/h3-6,10H,7-9H2,1-2H3,(H,16,19)(H,17,20). The maximum absolute atomic E-state index is 11.7. The number of aromatic nitrogens is 1. The number of hydrogen-bond donors (Lipinski definition) is 2. The van der Waals surface area contributed by atoms with Crippen LogP contribution in [0.1, 0.15) is 26.2 Å². The predicted octanol–water partition coefficient (Wildman–Crippen LogP) is 1.40. The molecule has 6 nitrogen and oxygen atoms in total. The Hall–Kier alpha value is -2.37. The summed E-state index contributed by atoms with van der Waals surface area (Å²) in [6.07, 6.45) is 0.647. The van der Waals surface area contributed by atoms with E-state index in [0.29, 0.717) is 17.9 Å². The molecular formula is C15H19N3O3. The molecule has 2 rings (SSSR count). The van der Waals surface area contributed by atoms with Crippen molar-refractivity contribution in [3.8, 4) is 0 Å². The zero-order valence-electron chi connectivity index (χ0n) is 12.2. The molecule has 0 radical (unpaired) electrons. The molecule has 0 saturated heterocycles. The monoisotopic (exact) mass is 289 g/mol. The molecule has 0 unspecified atom stereocenters. The minimum absolute atomic E-state index is 0.00935. The van der Waals surface area contributed by atoms with Crippen LogP contribution >= 0.6 is 0 Å². The molecule has 21 heavy (non-hydrogen) atoms. The normalized spacial score (nSPS) is 10.8. The molecule has 2 aromatic rings. The number of rotatable bonds is 6. The summed E-state index contributed by atoms with van der Waals surface area (Å²) in [6, 6.07) is 7.52. The number of carbonyl (C=O) groups is 2. The number of aryl methyl sites for hydroxylation is 1. The third-order valence-electron chi connectivity index (χ3n) is 2.80. The van der Waals surface area contributed by atoms with Gasteiger partial charge in [-0.25, -0.2) is 4.98 Å². The van der Waals surface area contributed by atoms with Crippen molar-refractivity contribution in [2.24, 2.45) is 0 Å². The number of fused-ring (bicyclic) bond motifs is 1. The lowest BCUT2D eigenvalue weighted by molar-refractivity contribution is -0.126. The minimum atomic E-state index is -0.198. The van der Waals surface area contributed by atoms with E-state index < -0.39 is 0 Å². The Kier molecular flexibility index (Phi) is 4.92. The van der Waals surface area contributed by atoms with Gasteiger partial charge in [-0.15, -0.1) is 0 Å². The van der Waals surface area contributed by atoms with Gasteiger partial charge in [0.25, 0.3) is 0 Å². The summed E-state index contributed by atoms with van der Waals surface area (Å²) >= 11 is 0. The molecule has 1 heterocycles. The molecule has 0 aliphatic carbocycles. The second kappa shape index (κ2) is 6.88. The average Bonchev–Trinajstić information content (AvgIpc) is 2.85. The van der Waals surface area contributed by atoms with E-state index >= 15 is 0 Å². The first-order valence-corrected chi connectivity index (χ1v) is 6.95. The summed E-state index contributed by atoms with van der Waals surface area (Å²) in [5.74, 6) is 0.134. The Morgan fingerprint density at radius 2 is 2.00 bits per heavy atom. The number of hydrogen-bond acceptors (Lipinski definition) is 4. The van der Waals surface area contributed by atoms with Crippen LogP contribution in [-0.2, 0) is 16.0 Å². The van der Waals surface area contributed by atoms with E-state index in [1.807, 2.05) is 38.1 Å². The van der Waals surface area contributed by atoms with Crippen molar-refractivity contribution in [1.29, 1.82) is 0 Å². The van der Waals surface area contributed by atoms with Crippen molar-refractivity contribution < 1.29 is 14.0 Å². The van der Waals surface area contributed by atoms with E-state index in [1.54, 1.807) is 0 Å². The molecule has 1 aromatic carbocycles. The molecule has 6 heteroatoms. The van der Waals surface area contributed by atoms with Gasteiger partial charge in [-0.05, 0) is 26.0 Å². The third-order valence-corrected chi connectivity index (χ3v) is 2.80. The van der Waals surface area contributed by atoms with Gasteiger partial charge in [-0.3, -0.25) is 9.59 Å². The first-order valence-electron chi connectivity index (χ1n) is 6.95. The summed E-state index contributed by atoms with van der Waals surface area (Å²) in [4.78, 5) is 27.3. The number of amides is 2. The van der Waals surface area contributed by atoms with E-state index in [1.165, 1.54) is 0 Å². The summed E-state index contributed by atoms with van der Waals surface area (Å²) in [6.45, 7) is 3.73. The molecular weight excluding hydrogens is 270 g/mol. The van der Waals surface area contributed by atoms with Crippen molar-refractivity contribution in [3.63, 3.8) is 0 Å². The Labute approximate surface area is 122 Å². The number of para-hydroxylation sites is 2. The van der Waals surface area contributed by atoms with Gasteiger partial charge in [0.15, 0.2) is 11.5 Å². The molecule has 0 saturated carbocycles. The van der Waals surface area contributed by atoms with E-state index in [4.69, 9.17) is 4.42 Å². The van der Waals surface area contributed by atoms with Gasteiger partial charge in [0, 0.05) is 18.9 Å². The highest BCUT2D eigenvalue weighted by Gasteiger charge is 2.09. The van der Waals surface area contributed by atoms with Crippen molar-refractivity contribution >= 4 is 22.9 Å². The fourth-order valence-corrected chi connectivity index (χ4v) is 1.89. The van der Waals surface area contributed by atoms with Gasteiger partial charge in [-0.2, -0.15) is 0 Å². The molecule has 0 bridgehead atoms. The van der Waals surface area contributed by atoms with Crippen LogP contribution in [0.3, 0.4) is 0 Å². The second-order valence-corrected chi connectivity index (χ2v) is 5.07. The molecule has 0 spiro atoms. The van der Waals surface area contributed by atoms with Crippen LogP contribution in [0.15, 0.2) is 28.7 Å². The lowest BCUT2D eigenvalue weighted by atomic mass is 10.3. The Bertz CT molecular complexity index is 601. The van der Waals surface area contributed by atoms with Crippen LogP contribution in [0.2, 0.25) is 0 Å². The van der Waals surface area contributed by atoms with Crippen LogP contribution in [0.4, 0.5) is 0 Å². The minimum Gasteiger partial charge on any atom is -0.441 e. The van der Waals surface area contributed by atoms with E-state index in [-0.39, 0.29) is 30.8 Å². The fraction of sp³-hybridized carbons (Fsp3) is 0.400. The zero-order valence-corrected chi connectivity index (χ0v) is 12.2. The molecule has 1 aromatic heterocycles. The van der Waals surface area contributed by atoms with Crippen molar-refractivity contribution in [2.75, 3.05) is 6.54 Å². The quantitative estimate of drug-likeness (QED) is 0.842. The van der Waals surface area contributed by atoms with Gasteiger partial charge in [-0.1, -0.05) is 12.1 Å². The first kappa shape index (κ1) is 15.0. The average molecular weight is 289 g/mol. The number of nitrogens with one attached hydrogen (secondary N) is 2. The van der Waals surface area contributed by atoms with Gasteiger partial charge in [0.2, 0.25) is 11.8 Å². The topological polar surface area (TPSA) is 84.2 Å². The van der Waals surface area contributed by atoms with Crippen molar-refractivity contribution in [2.45, 2.75) is 32.7 Å². The summed E-state index contributed by atoms with van der Waals surface area (Å²) in [5, 5.41) is 5.28. The Morgan fingerprint density at radius 3 is 2.71 bits per heavy atom. The lowest BCUT2D eigenvalue weighted by Crippen LogP contribution is -2.39. The molecule has 0 fully saturated rings. The molecule has 0 aliphatic heterocycles. The van der Waals surface area contributed by atoms with E-state index in [2.05, 4.69) is 15.6 Å². The highest BCUT2D eigenvalue weighted by atomic mass is 16.3. The zero-order chi connectivity index (χ0) is 15.2. The van der Waals surface area contributed by atoms with Crippen LogP contribution < -0.4 is 10.6 Å². The van der Waals surface area contributed by atoms with Gasteiger partial charge in [0.1, 0.15) is 5.52 Å². The second-order valence-electron chi connectivity index (χ2n) is 5.07. The van der Waals surface area contributed by atoms with Crippen molar-refractivity contribution in [3.05, 3.63) is 30.2 Å². The maximum atomic E-state index is 11.7. The first-order chi connectivity index (χ1) is 10.0. The number of oxazole rings is 1. The highest BCUT2D eigenvalue weighted by molar-refractivity contribution is 5.84. The number of benzene rings is 1. The summed E-state index contributed by atoms with van der Waals surface area (Å²) in [7, 11) is 0. The number of nitrogens with zero attached hydrogens (tertiary/aromatic N) is 1. The maximum Gasteiger partial charge on any atom is 0.239 e. The van der Waals surface area contributed by atoms with E-state index in [0.717, 1.165) is 5.52 Å². The van der Waals surface area contributed by atoms with Crippen LogP contribution in [0.25, 0.3) is 11.1 Å². The molecule has 2 N–H and O–H groups in total. The van der Waals surface area contributed by atoms with Crippen LogP contribution in [0, 0.1) is 0 Å². The molecule has 0 aliphatic rings. The lowest BCUT2D eigenvalue weighted by Gasteiger charge is -2.08. The van der Waals surface area contributed by atoms with Crippen LogP contribution in [-0.4, -0.2) is 29.4 Å². The Morgan fingerprint density at radius 1 is 1.24 bits per heavy atom. The van der Waals surface area contributed by atoms with Crippen molar-refractivity contribution in [1.82, 2.24) is 15.6 Å². The third kappa shape index (κ3) is 4.59. The predicted molar refractivity (Wildman–Crippen MR) is 78.6 cm³/mol. The molecule has 0 atom stereocenters. The smallest absolute Gasteiger partial charge is 0.239 e. The SMILES string of the molecule is CC(C)NC(=O)CNC(=O)CCc1nc2ccccc2o1. The highest BCUT2D eigenvalue weighted by Crippen LogP contribution is 2.15. The van der Waals surface area contributed by atoms with Gasteiger partial charge in [0.05, 0.1) is 6.54 Å². The van der Waals surface area contributed by atoms with Gasteiger partial charge < -0.3 is 15.1 Å². The molecule has 2 amide bonds. The fourth-order valence-electron chi connectivity index (χ4n) is 1.89.